The van der Waals surface area contributed by atoms with Gasteiger partial charge < -0.3 is 10.1 Å². The molecular formula is C20H15ClFNO2. The fraction of sp³-hybridized carbons (Fsp3) is 0.0500. The Hall–Kier alpha value is -2.85. The molecule has 0 saturated heterocycles. The lowest BCUT2D eigenvalue weighted by Gasteiger charge is -2.09. The summed E-state index contributed by atoms with van der Waals surface area (Å²) in [5, 5.41) is 2.79. The summed E-state index contributed by atoms with van der Waals surface area (Å²) in [6, 6.07) is 20.5. The molecule has 0 radical (unpaired) electrons. The van der Waals surface area contributed by atoms with Crippen molar-refractivity contribution in [3.8, 4) is 5.75 Å². The van der Waals surface area contributed by atoms with Crippen molar-refractivity contribution < 1.29 is 13.9 Å². The van der Waals surface area contributed by atoms with Crippen LogP contribution in [0.4, 0.5) is 10.1 Å². The summed E-state index contributed by atoms with van der Waals surface area (Å²) in [7, 11) is 0. The first kappa shape index (κ1) is 17.0. The van der Waals surface area contributed by atoms with E-state index in [2.05, 4.69) is 5.32 Å². The summed E-state index contributed by atoms with van der Waals surface area (Å²) in [6.45, 7) is 0.470. The number of carbonyl (C=O) groups is 1. The molecule has 3 aromatic rings. The number of amides is 1. The van der Waals surface area contributed by atoms with Gasteiger partial charge >= 0.3 is 0 Å². The van der Waals surface area contributed by atoms with Gasteiger partial charge in [-0.3, -0.25) is 4.79 Å². The zero-order valence-corrected chi connectivity index (χ0v) is 14.0. The molecule has 0 heterocycles. The Morgan fingerprint density at radius 3 is 2.40 bits per heavy atom. The van der Waals surface area contributed by atoms with Crippen molar-refractivity contribution in [2.75, 3.05) is 5.32 Å². The normalized spacial score (nSPS) is 10.3. The average molecular weight is 356 g/mol. The van der Waals surface area contributed by atoms with Crippen LogP contribution in [0.25, 0.3) is 0 Å². The van der Waals surface area contributed by atoms with Gasteiger partial charge in [-0.2, -0.15) is 0 Å². The van der Waals surface area contributed by atoms with Gasteiger partial charge in [0, 0.05) is 5.69 Å². The SMILES string of the molecule is O=C(Nc1ccc(OCc2ccccc2)cc1)c1ccc(F)cc1Cl. The van der Waals surface area contributed by atoms with Crippen LogP contribution >= 0.6 is 11.6 Å². The minimum atomic E-state index is -0.485. The molecule has 126 valence electrons. The minimum Gasteiger partial charge on any atom is -0.489 e. The van der Waals surface area contributed by atoms with Crippen LogP contribution in [0, 0.1) is 5.82 Å². The predicted octanol–water partition coefficient (Wildman–Crippen LogP) is 5.31. The third kappa shape index (κ3) is 4.58. The fourth-order valence-electron chi connectivity index (χ4n) is 2.25. The smallest absolute Gasteiger partial charge is 0.257 e. The first-order valence-electron chi connectivity index (χ1n) is 7.65. The number of hydrogen-bond donors (Lipinski definition) is 1. The lowest BCUT2D eigenvalue weighted by atomic mass is 10.2. The number of rotatable bonds is 5. The second kappa shape index (κ2) is 7.81. The molecule has 0 fully saturated rings. The molecule has 0 unspecified atom stereocenters. The minimum absolute atomic E-state index is 0.0697. The third-order valence-electron chi connectivity index (χ3n) is 3.54. The molecule has 0 aliphatic heterocycles. The molecule has 3 aromatic carbocycles. The van der Waals surface area contributed by atoms with Gasteiger partial charge in [-0.1, -0.05) is 41.9 Å². The molecule has 0 aromatic heterocycles. The zero-order chi connectivity index (χ0) is 17.6. The quantitative estimate of drug-likeness (QED) is 0.673. The number of hydrogen-bond acceptors (Lipinski definition) is 2. The zero-order valence-electron chi connectivity index (χ0n) is 13.2. The van der Waals surface area contributed by atoms with Crippen LogP contribution < -0.4 is 10.1 Å². The van der Waals surface area contributed by atoms with E-state index < -0.39 is 11.7 Å². The number of ether oxygens (including phenoxy) is 1. The van der Waals surface area contributed by atoms with Gasteiger partial charge in [0.2, 0.25) is 0 Å². The number of carbonyl (C=O) groups excluding carboxylic acids is 1. The van der Waals surface area contributed by atoms with Gasteiger partial charge in [0.1, 0.15) is 18.2 Å². The highest BCUT2D eigenvalue weighted by molar-refractivity contribution is 6.34. The van der Waals surface area contributed by atoms with Crippen LogP contribution in [0.1, 0.15) is 15.9 Å². The Morgan fingerprint density at radius 1 is 1.00 bits per heavy atom. The van der Waals surface area contributed by atoms with E-state index in [4.69, 9.17) is 16.3 Å². The van der Waals surface area contributed by atoms with Gasteiger partial charge in [0.15, 0.2) is 0 Å². The maximum absolute atomic E-state index is 13.0. The van der Waals surface area contributed by atoms with Crippen LogP contribution in [0.3, 0.4) is 0 Å². The van der Waals surface area contributed by atoms with Crippen LogP contribution in [-0.4, -0.2) is 5.91 Å². The average Bonchev–Trinajstić information content (AvgIpc) is 2.62. The van der Waals surface area contributed by atoms with Crippen molar-refractivity contribution in [3.63, 3.8) is 0 Å². The second-order valence-corrected chi connectivity index (χ2v) is 5.78. The summed E-state index contributed by atoms with van der Waals surface area (Å²) in [5.74, 6) is -0.189. The highest BCUT2D eigenvalue weighted by Crippen LogP contribution is 2.21. The van der Waals surface area contributed by atoms with E-state index in [1.807, 2.05) is 30.3 Å². The Labute approximate surface area is 150 Å². The Morgan fingerprint density at radius 2 is 1.72 bits per heavy atom. The van der Waals surface area contributed by atoms with Crippen LogP contribution in [0.2, 0.25) is 5.02 Å². The Kier molecular flexibility index (Phi) is 5.31. The second-order valence-electron chi connectivity index (χ2n) is 5.38. The van der Waals surface area contributed by atoms with Crippen molar-refractivity contribution in [1.82, 2.24) is 0 Å². The lowest BCUT2D eigenvalue weighted by Crippen LogP contribution is -2.12. The van der Waals surface area contributed by atoms with E-state index in [0.717, 1.165) is 11.6 Å². The van der Waals surface area contributed by atoms with E-state index in [1.165, 1.54) is 12.1 Å². The van der Waals surface area contributed by atoms with E-state index in [9.17, 15) is 9.18 Å². The molecule has 5 heteroatoms. The number of anilines is 1. The van der Waals surface area contributed by atoms with Gasteiger partial charge in [-0.05, 0) is 48.0 Å². The monoisotopic (exact) mass is 355 g/mol. The van der Waals surface area contributed by atoms with Crippen LogP contribution in [0.15, 0.2) is 72.8 Å². The molecule has 0 atom stereocenters. The molecule has 1 N–H and O–H groups in total. The number of nitrogens with one attached hydrogen (secondary N) is 1. The van der Waals surface area contributed by atoms with Gasteiger partial charge in [0.25, 0.3) is 5.91 Å². The lowest BCUT2D eigenvalue weighted by molar-refractivity contribution is 0.102. The largest absolute Gasteiger partial charge is 0.489 e. The van der Waals surface area contributed by atoms with E-state index in [-0.39, 0.29) is 10.6 Å². The van der Waals surface area contributed by atoms with Crippen LogP contribution in [-0.2, 0) is 6.61 Å². The molecule has 0 bridgehead atoms. The van der Waals surface area contributed by atoms with E-state index in [0.29, 0.717) is 18.0 Å². The Bertz CT molecular complexity index is 867. The van der Waals surface area contributed by atoms with Gasteiger partial charge in [0.05, 0.1) is 10.6 Å². The Balaban J connectivity index is 1.61. The maximum Gasteiger partial charge on any atom is 0.257 e. The molecule has 0 aliphatic rings. The van der Waals surface area contributed by atoms with Gasteiger partial charge in [-0.15, -0.1) is 0 Å². The van der Waals surface area contributed by atoms with Crippen molar-refractivity contribution in [1.29, 1.82) is 0 Å². The maximum atomic E-state index is 13.0. The molecule has 3 nitrogen and oxygen atoms in total. The molecule has 0 aliphatic carbocycles. The van der Waals surface area contributed by atoms with Crippen molar-refractivity contribution in [2.24, 2.45) is 0 Å². The topological polar surface area (TPSA) is 38.3 Å². The first-order valence-corrected chi connectivity index (χ1v) is 8.03. The summed E-state index contributed by atoms with van der Waals surface area (Å²) in [6.07, 6.45) is 0. The standard InChI is InChI=1S/C20H15ClFNO2/c21-19-12-15(22)6-11-18(19)20(24)23-16-7-9-17(10-8-16)25-13-14-4-2-1-3-5-14/h1-12H,13H2,(H,23,24). The number of benzene rings is 3. The highest BCUT2D eigenvalue weighted by Gasteiger charge is 2.11. The molecule has 0 spiro atoms. The fourth-order valence-corrected chi connectivity index (χ4v) is 2.50. The summed E-state index contributed by atoms with van der Waals surface area (Å²) in [5.41, 5.74) is 1.88. The van der Waals surface area contributed by atoms with Crippen molar-refractivity contribution >= 4 is 23.2 Å². The molecular weight excluding hydrogens is 341 g/mol. The van der Waals surface area contributed by atoms with E-state index in [1.54, 1.807) is 24.3 Å². The summed E-state index contributed by atoms with van der Waals surface area (Å²) >= 11 is 5.89. The molecule has 1 amide bonds. The first-order chi connectivity index (χ1) is 12.1. The highest BCUT2D eigenvalue weighted by atomic mass is 35.5. The van der Waals surface area contributed by atoms with Crippen molar-refractivity contribution in [2.45, 2.75) is 6.61 Å². The summed E-state index contributed by atoms with van der Waals surface area (Å²) < 4.78 is 18.7. The predicted molar refractivity (Wildman–Crippen MR) is 96.6 cm³/mol. The number of halogens is 2. The molecule has 0 saturated carbocycles. The molecule has 25 heavy (non-hydrogen) atoms. The molecule has 3 rings (SSSR count). The van der Waals surface area contributed by atoms with Gasteiger partial charge in [-0.25, -0.2) is 4.39 Å². The van der Waals surface area contributed by atoms with E-state index >= 15 is 0 Å². The van der Waals surface area contributed by atoms with Crippen molar-refractivity contribution in [3.05, 3.63) is 94.8 Å². The van der Waals surface area contributed by atoms with Crippen LogP contribution in [0.5, 0.6) is 5.75 Å². The summed E-state index contributed by atoms with van der Waals surface area (Å²) in [4.78, 5) is 12.2. The third-order valence-corrected chi connectivity index (χ3v) is 3.85.